The van der Waals surface area contributed by atoms with Gasteiger partial charge in [-0.25, -0.2) is 0 Å². The molecule has 0 aromatic carbocycles. The van der Waals surface area contributed by atoms with Crippen LogP contribution in [0.2, 0.25) is 0 Å². The zero-order valence-electron chi connectivity index (χ0n) is 4.44. The molecule has 0 heterocycles. The summed E-state index contributed by atoms with van der Waals surface area (Å²) in [6, 6.07) is 0. The Labute approximate surface area is 60.6 Å². The van der Waals surface area contributed by atoms with Crippen LogP contribution in [0, 0.1) is 0 Å². The Morgan fingerprint density at radius 3 is 1.75 bits per heavy atom. The van der Waals surface area contributed by atoms with E-state index in [1.54, 1.807) is 0 Å². The molecule has 0 amide bonds. The minimum absolute atomic E-state index is 0. The molecule has 1 nitrogen and oxygen atoms in total. The lowest BCUT2D eigenvalue weighted by Gasteiger charge is -2.05. The van der Waals surface area contributed by atoms with E-state index < -0.39 is 0 Å². The maximum atomic E-state index is 10.5. The van der Waals surface area contributed by atoms with Crippen LogP contribution in [0.5, 0.6) is 0 Å². The lowest BCUT2D eigenvalue weighted by Crippen LogP contribution is -2.02. The maximum absolute atomic E-state index is 10.5. The van der Waals surface area contributed by atoms with Gasteiger partial charge in [-0.1, -0.05) is 6.42 Å². The van der Waals surface area contributed by atoms with E-state index in [9.17, 15) is 4.79 Å². The molecule has 0 aromatic rings. The number of carbonyl (C=O) groups excluding carboxylic acids is 1. The molecule has 8 heavy (non-hydrogen) atoms. The van der Waals surface area contributed by atoms with Gasteiger partial charge in [0.2, 0.25) is 0 Å². The molecule has 1 rings (SSSR count). The normalized spacial score (nSPS) is 19.8. The first-order valence-corrected chi connectivity index (χ1v) is 2.91. The quantitative estimate of drug-likeness (QED) is 0.430. The van der Waals surface area contributed by atoms with E-state index >= 15 is 0 Å². The second-order valence-corrected chi connectivity index (χ2v) is 2.10. The average molecular weight is 128 g/mol. The van der Waals surface area contributed by atoms with Gasteiger partial charge in [-0.2, -0.15) is 0 Å². The number of ketones is 1. The first-order valence-electron chi connectivity index (χ1n) is 2.91. The molecule has 1 aliphatic carbocycles. The first kappa shape index (κ1) is 8.20. The Morgan fingerprint density at radius 1 is 1.00 bits per heavy atom. The van der Waals surface area contributed by atoms with Crippen molar-refractivity contribution in [2.75, 3.05) is 0 Å². The Morgan fingerprint density at radius 2 is 1.50 bits per heavy atom. The fourth-order valence-corrected chi connectivity index (χ4v) is 0.946. The summed E-state index contributed by atoms with van der Waals surface area (Å²) in [5.74, 6) is 0.464. The molecule has 0 aliphatic heterocycles. The topological polar surface area (TPSA) is 17.1 Å². The van der Waals surface area contributed by atoms with Crippen LogP contribution in [0.4, 0.5) is 0 Å². The molecule has 2 heteroatoms. The molecular formula is C6H13AlO. The van der Waals surface area contributed by atoms with Crippen LogP contribution < -0.4 is 0 Å². The van der Waals surface area contributed by atoms with Gasteiger partial charge in [0, 0.05) is 12.8 Å². The first-order chi connectivity index (χ1) is 3.39. The van der Waals surface area contributed by atoms with Crippen LogP contribution in [0.15, 0.2) is 0 Å². The largest absolute Gasteiger partial charge is 0.300 e. The zero-order chi connectivity index (χ0) is 5.11. The minimum atomic E-state index is 0. The van der Waals surface area contributed by atoms with Gasteiger partial charge >= 0.3 is 0 Å². The SMILES string of the molecule is O=C1CCCCC1.[AlH3]. The van der Waals surface area contributed by atoms with E-state index in [0.29, 0.717) is 5.78 Å². The highest BCUT2D eigenvalue weighted by atomic mass is 27.0. The standard InChI is InChI=1S/C6H10O.Al.3H/c7-6-4-2-1-3-5-6;;;;/h1-5H2;;;;. The van der Waals surface area contributed by atoms with E-state index in [2.05, 4.69) is 0 Å². The smallest absolute Gasteiger partial charge is 0.187 e. The summed E-state index contributed by atoms with van der Waals surface area (Å²) in [6.45, 7) is 0. The maximum Gasteiger partial charge on any atom is 0.187 e. The third kappa shape index (κ3) is 2.50. The lowest BCUT2D eigenvalue weighted by molar-refractivity contribution is -0.120. The van der Waals surface area contributed by atoms with Crippen LogP contribution >= 0.6 is 0 Å². The van der Waals surface area contributed by atoms with Gasteiger partial charge in [0.1, 0.15) is 5.78 Å². The summed E-state index contributed by atoms with van der Waals surface area (Å²) >= 11 is 0. The second kappa shape index (κ2) is 4.12. The number of rotatable bonds is 0. The number of hydrogen-bond donors (Lipinski definition) is 0. The highest BCUT2D eigenvalue weighted by molar-refractivity contribution is 5.78. The van der Waals surface area contributed by atoms with Gasteiger partial charge in [0.05, 0.1) is 0 Å². The summed E-state index contributed by atoms with van der Waals surface area (Å²) in [6.07, 6.45) is 5.24. The Kier molecular flexibility index (Phi) is 4.22. The monoisotopic (exact) mass is 128 g/mol. The zero-order valence-corrected chi connectivity index (χ0v) is 4.44. The van der Waals surface area contributed by atoms with Crippen molar-refractivity contribution >= 4 is 23.1 Å². The fourth-order valence-electron chi connectivity index (χ4n) is 0.946. The van der Waals surface area contributed by atoms with E-state index in [4.69, 9.17) is 0 Å². The van der Waals surface area contributed by atoms with Crippen LogP contribution in [-0.2, 0) is 4.79 Å². The molecular weight excluding hydrogens is 115 g/mol. The molecule has 0 radical (unpaired) electrons. The van der Waals surface area contributed by atoms with Crippen molar-refractivity contribution in [1.29, 1.82) is 0 Å². The minimum Gasteiger partial charge on any atom is -0.300 e. The molecule has 0 bridgehead atoms. The molecule has 1 aliphatic rings. The van der Waals surface area contributed by atoms with Crippen molar-refractivity contribution < 1.29 is 4.79 Å². The third-order valence-electron chi connectivity index (χ3n) is 1.41. The van der Waals surface area contributed by atoms with Crippen LogP contribution in [0.1, 0.15) is 32.1 Å². The molecule has 0 saturated heterocycles. The van der Waals surface area contributed by atoms with E-state index in [-0.39, 0.29) is 17.4 Å². The number of carbonyl (C=O) groups is 1. The molecule has 0 spiro atoms. The van der Waals surface area contributed by atoms with Crippen LogP contribution in [-0.4, -0.2) is 23.1 Å². The fraction of sp³-hybridized carbons (Fsp3) is 0.833. The number of hydrogen-bond acceptors (Lipinski definition) is 1. The Balaban J connectivity index is 0.000000490. The summed E-state index contributed by atoms with van der Waals surface area (Å²) in [4.78, 5) is 10.5. The highest BCUT2D eigenvalue weighted by Crippen LogP contribution is 2.12. The molecule has 0 N–H and O–H groups in total. The van der Waals surface area contributed by atoms with Crippen molar-refractivity contribution in [3.05, 3.63) is 0 Å². The molecule has 1 saturated carbocycles. The summed E-state index contributed by atoms with van der Waals surface area (Å²) < 4.78 is 0. The molecule has 0 atom stereocenters. The molecule has 0 aromatic heterocycles. The molecule has 0 unspecified atom stereocenters. The van der Waals surface area contributed by atoms with Gasteiger partial charge in [-0.05, 0) is 12.8 Å². The van der Waals surface area contributed by atoms with Crippen molar-refractivity contribution in [2.24, 2.45) is 0 Å². The molecule has 46 valence electrons. The second-order valence-electron chi connectivity index (χ2n) is 2.10. The Hall–Kier alpha value is 0.202. The van der Waals surface area contributed by atoms with Crippen molar-refractivity contribution in [3.63, 3.8) is 0 Å². The third-order valence-corrected chi connectivity index (χ3v) is 1.41. The number of Topliss-reactive ketones (excluding diaryl/α,β-unsaturated/α-hetero) is 1. The highest BCUT2D eigenvalue weighted by Gasteiger charge is 2.05. The van der Waals surface area contributed by atoms with Gasteiger partial charge in [-0.15, -0.1) is 0 Å². The molecule has 1 fully saturated rings. The summed E-state index contributed by atoms with van der Waals surface area (Å²) in [5.41, 5.74) is 0. The lowest BCUT2D eigenvalue weighted by atomic mass is 10.00. The van der Waals surface area contributed by atoms with Crippen molar-refractivity contribution in [3.8, 4) is 0 Å². The average Bonchev–Trinajstić information content (AvgIpc) is 1.69. The van der Waals surface area contributed by atoms with Gasteiger partial charge < -0.3 is 0 Å². The van der Waals surface area contributed by atoms with Gasteiger partial charge in [-0.3, -0.25) is 4.79 Å². The van der Waals surface area contributed by atoms with Crippen molar-refractivity contribution in [2.45, 2.75) is 32.1 Å². The summed E-state index contributed by atoms with van der Waals surface area (Å²) in [7, 11) is 0. The van der Waals surface area contributed by atoms with Gasteiger partial charge in [0.15, 0.2) is 17.4 Å². The van der Waals surface area contributed by atoms with E-state index in [0.717, 1.165) is 25.7 Å². The predicted molar refractivity (Wildman–Crippen MR) is 38.0 cm³/mol. The van der Waals surface area contributed by atoms with Crippen LogP contribution in [0.25, 0.3) is 0 Å². The van der Waals surface area contributed by atoms with Crippen LogP contribution in [0.3, 0.4) is 0 Å². The summed E-state index contributed by atoms with van der Waals surface area (Å²) in [5, 5.41) is 0. The van der Waals surface area contributed by atoms with E-state index in [1.165, 1.54) is 6.42 Å². The predicted octanol–water partition coefficient (Wildman–Crippen LogP) is 0.336. The van der Waals surface area contributed by atoms with Gasteiger partial charge in [0.25, 0.3) is 0 Å². The Bertz CT molecular complexity index is 72.6. The van der Waals surface area contributed by atoms with Crippen molar-refractivity contribution in [1.82, 2.24) is 0 Å². The van der Waals surface area contributed by atoms with E-state index in [1.807, 2.05) is 0 Å².